The summed E-state index contributed by atoms with van der Waals surface area (Å²) < 4.78 is 32.5. The van der Waals surface area contributed by atoms with Gasteiger partial charge in [-0.15, -0.1) is 10.2 Å². The van der Waals surface area contributed by atoms with Crippen LogP contribution in [0, 0.1) is 0 Å². The molecule has 158 valence electrons. The zero-order valence-electron chi connectivity index (χ0n) is 17.0. The van der Waals surface area contributed by atoms with Crippen molar-refractivity contribution in [3.8, 4) is 0 Å². The molecule has 29 heavy (non-hydrogen) atoms. The van der Waals surface area contributed by atoms with Crippen molar-refractivity contribution in [2.75, 3.05) is 25.4 Å². The number of hydrogen-bond acceptors (Lipinski definition) is 6. The van der Waals surface area contributed by atoms with E-state index in [1.165, 1.54) is 5.56 Å². The SMILES string of the molecule is CCS(=O)(=O)N1CCCCC1c1nnc(C2CCN(Cc3ccccc3)CC2)o1. The molecule has 7 nitrogen and oxygen atoms in total. The Morgan fingerprint density at radius 1 is 1.00 bits per heavy atom. The standard InChI is InChI=1S/C21H30N4O3S/c1-2-29(26,27)25-13-7-6-10-19(25)21-23-22-20(28-21)18-11-14-24(15-12-18)16-17-8-4-3-5-9-17/h3-5,8-9,18-19H,2,6-7,10-16H2,1H3. The van der Waals surface area contributed by atoms with E-state index in [9.17, 15) is 8.42 Å². The van der Waals surface area contributed by atoms with Crippen LogP contribution >= 0.6 is 0 Å². The third-order valence-electron chi connectivity index (χ3n) is 6.10. The van der Waals surface area contributed by atoms with Gasteiger partial charge in [-0.3, -0.25) is 4.90 Å². The van der Waals surface area contributed by atoms with Crippen LogP contribution in [0.25, 0.3) is 0 Å². The maximum Gasteiger partial charge on any atom is 0.234 e. The van der Waals surface area contributed by atoms with Gasteiger partial charge in [0.25, 0.3) is 0 Å². The number of aromatic nitrogens is 2. The highest BCUT2D eigenvalue weighted by molar-refractivity contribution is 7.89. The molecule has 1 aromatic heterocycles. The summed E-state index contributed by atoms with van der Waals surface area (Å²) in [6.07, 6.45) is 4.58. The summed E-state index contributed by atoms with van der Waals surface area (Å²) in [5, 5.41) is 8.57. The van der Waals surface area contributed by atoms with Gasteiger partial charge < -0.3 is 4.42 Å². The fourth-order valence-electron chi connectivity index (χ4n) is 4.38. The maximum absolute atomic E-state index is 12.5. The van der Waals surface area contributed by atoms with E-state index in [2.05, 4.69) is 39.4 Å². The summed E-state index contributed by atoms with van der Waals surface area (Å²) in [6, 6.07) is 10.2. The van der Waals surface area contributed by atoms with E-state index in [4.69, 9.17) is 4.42 Å². The van der Waals surface area contributed by atoms with Crippen molar-refractivity contribution >= 4 is 10.0 Å². The van der Waals surface area contributed by atoms with Crippen molar-refractivity contribution in [1.82, 2.24) is 19.4 Å². The molecule has 2 fully saturated rings. The fourth-order valence-corrected chi connectivity index (χ4v) is 5.70. The van der Waals surface area contributed by atoms with Gasteiger partial charge in [0, 0.05) is 19.0 Å². The van der Waals surface area contributed by atoms with Crippen LogP contribution in [0.2, 0.25) is 0 Å². The highest BCUT2D eigenvalue weighted by Crippen LogP contribution is 2.35. The molecule has 0 aliphatic carbocycles. The zero-order chi connectivity index (χ0) is 20.3. The minimum Gasteiger partial charge on any atom is -0.423 e. The van der Waals surface area contributed by atoms with Crippen molar-refractivity contribution in [2.24, 2.45) is 0 Å². The quantitative estimate of drug-likeness (QED) is 0.716. The molecule has 0 saturated carbocycles. The second kappa shape index (κ2) is 8.93. The molecule has 1 atom stereocenters. The molecule has 3 heterocycles. The first-order chi connectivity index (χ1) is 14.1. The largest absolute Gasteiger partial charge is 0.423 e. The Morgan fingerprint density at radius 2 is 1.72 bits per heavy atom. The van der Waals surface area contributed by atoms with Crippen molar-refractivity contribution in [1.29, 1.82) is 0 Å². The molecular formula is C21H30N4O3S. The van der Waals surface area contributed by atoms with Crippen molar-refractivity contribution in [2.45, 2.75) is 57.5 Å². The highest BCUT2D eigenvalue weighted by Gasteiger charge is 2.36. The zero-order valence-corrected chi connectivity index (χ0v) is 17.9. The number of hydrogen-bond donors (Lipinski definition) is 0. The van der Waals surface area contributed by atoms with Crippen LogP contribution in [0.1, 0.15) is 68.3 Å². The van der Waals surface area contributed by atoms with E-state index >= 15 is 0 Å². The van der Waals surface area contributed by atoms with E-state index in [1.807, 2.05) is 6.07 Å². The van der Waals surface area contributed by atoms with Crippen molar-refractivity contribution < 1.29 is 12.8 Å². The Labute approximate surface area is 173 Å². The van der Waals surface area contributed by atoms with Crippen molar-refractivity contribution in [3.05, 3.63) is 47.7 Å². The Balaban J connectivity index is 1.39. The average Bonchev–Trinajstić information content (AvgIpc) is 3.25. The molecule has 1 aromatic carbocycles. The van der Waals surface area contributed by atoms with Crippen LogP contribution in [-0.2, 0) is 16.6 Å². The molecule has 0 spiro atoms. The first-order valence-electron chi connectivity index (χ1n) is 10.7. The molecule has 0 bridgehead atoms. The lowest BCUT2D eigenvalue weighted by Crippen LogP contribution is -2.39. The number of benzene rings is 1. The van der Waals surface area contributed by atoms with E-state index in [-0.39, 0.29) is 17.7 Å². The van der Waals surface area contributed by atoms with Crippen LogP contribution in [0.5, 0.6) is 0 Å². The lowest BCUT2D eigenvalue weighted by Gasteiger charge is -2.32. The van der Waals surface area contributed by atoms with Gasteiger partial charge >= 0.3 is 0 Å². The topological polar surface area (TPSA) is 79.5 Å². The third kappa shape index (κ3) is 4.70. The number of likely N-dealkylation sites (tertiary alicyclic amines) is 1. The second-order valence-corrected chi connectivity index (χ2v) is 10.2. The van der Waals surface area contributed by atoms with Gasteiger partial charge in [-0.1, -0.05) is 36.8 Å². The smallest absolute Gasteiger partial charge is 0.234 e. The van der Waals surface area contributed by atoms with Crippen molar-refractivity contribution in [3.63, 3.8) is 0 Å². The van der Waals surface area contributed by atoms with E-state index in [1.54, 1.807) is 11.2 Å². The first kappa shape index (κ1) is 20.5. The summed E-state index contributed by atoms with van der Waals surface area (Å²) >= 11 is 0. The van der Waals surface area contributed by atoms with E-state index in [0.29, 0.717) is 18.3 Å². The Hall–Kier alpha value is -1.77. The first-order valence-corrected chi connectivity index (χ1v) is 12.3. The number of nitrogens with zero attached hydrogens (tertiary/aromatic N) is 4. The molecule has 0 radical (unpaired) electrons. The summed E-state index contributed by atoms with van der Waals surface area (Å²) in [7, 11) is -3.27. The van der Waals surface area contributed by atoms with Gasteiger partial charge in [0.2, 0.25) is 21.8 Å². The van der Waals surface area contributed by atoms with Gasteiger partial charge in [0.15, 0.2) is 0 Å². The van der Waals surface area contributed by atoms with Gasteiger partial charge in [0.05, 0.1) is 5.75 Å². The molecule has 2 saturated heterocycles. The minimum atomic E-state index is -3.27. The Kier molecular flexibility index (Phi) is 6.32. The van der Waals surface area contributed by atoms with Crippen LogP contribution in [0.3, 0.4) is 0 Å². The second-order valence-electron chi connectivity index (χ2n) is 8.04. The Bertz CT molecular complexity index is 892. The average molecular weight is 419 g/mol. The van der Waals surface area contributed by atoms with E-state index in [0.717, 1.165) is 51.7 Å². The summed E-state index contributed by atoms with van der Waals surface area (Å²) in [4.78, 5) is 2.46. The molecule has 4 rings (SSSR count). The van der Waals surface area contributed by atoms with Gasteiger partial charge in [-0.2, -0.15) is 4.31 Å². The van der Waals surface area contributed by atoms with E-state index < -0.39 is 10.0 Å². The van der Waals surface area contributed by atoms with Gasteiger partial charge in [0.1, 0.15) is 6.04 Å². The minimum absolute atomic E-state index is 0.102. The maximum atomic E-state index is 12.5. The number of rotatable bonds is 6. The molecule has 0 amide bonds. The Morgan fingerprint density at radius 3 is 2.45 bits per heavy atom. The number of piperidine rings is 2. The predicted octanol–water partition coefficient (Wildman–Crippen LogP) is 3.33. The molecule has 2 aliphatic rings. The lowest BCUT2D eigenvalue weighted by molar-refractivity contribution is 0.184. The van der Waals surface area contributed by atoms with Crippen LogP contribution < -0.4 is 0 Å². The van der Waals surface area contributed by atoms with Crippen LogP contribution in [-0.4, -0.2) is 53.2 Å². The molecule has 2 aliphatic heterocycles. The molecule has 0 N–H and O–H groups in total. The summed E-state index contributed by atoms with van der Waals surface area (Å²) in [5.41, 5.74) is 1.33. The van der Waals surface area contributed by atoms with Crippen LogP contribution in [0.15, 0.2) is 34.7 Å². The molecular weight excluding hydrogens is 388 g/mol. The van der Waals surface area contributed by atoms with Gasteiger partial charge in [-0.05, 0) is 51.3 Å². The predicted molar refractivity (Wildman–Crippen MR) is 111 cm³/mol. The lowest BCUT2D eigenvalue weighted by atomic mass is 9.96. The summed E-state index contributed by atoms with van der Waals surface area (Å²) in [5.74, 6) is 1.48. The number of sulfonamides is 1. The molecule has 1 unspecified atom stereocenters. The fraction of sp³-hybridized carbons (Fsp3) is 0.619. The highest BCUT2D eigenvalue weighted by atomic mass is 32.2. The summed E-state index contributed by atoms with van der Waals surface area (Å²) in [6.45, 7) is 5.18. The van der Waals surface area contributed by atoms with Crippen LogP contribution in [0.4, 0.5) is 0 Å². The normalized spacial score (nSPS) is 22.7. The monoisotopic (exact) mass is 418 g/mol. The third-order valence-corrected chi connectivity index (χ3v) is 7.98. The van der Waals surface area contributed by atoms with Gasteiger partial charge in [-0.25, -0.2) is 8.42 Å². The molecule has 2 aromatic rings. The molecule has 8 heteroatoms.